The van der Waals surface area contributed by atoms with E-state index in [2.05, 4.69) is 15.2 Å². The number of aromatic nitrogens is 4. The molecule has 0 spiro atoms. The SMILES string of the molecule is COc1nccc(C)c1-c1cc2c(n3cnnc13)CCc1c(F)ccc3c1[C@H](CO3)CO2. The fourth-order valence-electron chi connectivity index (χ4n) is 4.87. The topological polar surface area (TPSA) is 70.8 Å². The predicted molar refractivity (Wildman–Crippen MR) is 115 cm³/mol. The summed E-state index contributed by atoms with van der Waals surface area (Å²) in [5.74, 6) is 1.78. The van der Waals surface area contributed by atoms with Crippen LogP contribution in [-0.2, 0) is 12.8 Å². The lowest BCUT2D eigenvalue weighted by Gasteiger charge is -2.17. The Labute approximate surface area is 183 Å². The Hall–Kier alpha value is -3.68. The minimum absolute atomic E-state index is 0.0172. The van der Waals surface area contributed by atoms with Crippen molar-refractivity contribution in [1.82, 2.24) is 19.6 Å². The van der Waals surface area contributed by atoms with Gasteiger partial charge in [0.05, 0.1) is 37.5 Å². The molecule has 2 aliphatic heterocycles. The third-order valence-electron chi connectivity index (χ3n) is 6.39. The van der Waals surface area contributed by atoms with Crippen LogP contribution in [0.1, 0.15) is 28.3 Å². The summed E-state index contributed by atoms with van der Waals surface area (Å²) in [5, 5.41) is 8.54. The molecule has 0 amide bonds. The van der Waals surface area contributed by atoms with Crippen LogP contribution in [0.3, 0.4) is 0 Å². The first-order chi connectivity index (χ1) is 15.7. The fourth-order valence-corrected chi connectivity index (χ4v) is 4.87. The predicted octanol–water partition coefficient (Wildman–Crippen LogP) is 3.90. The Bertz CT molecular complexity index is 1370. The highest BCUT2D eigenvalue weighted by atomic mass is 19.1. The average molecular weight is 432 g/mol. The van der Waals surface area contributed by atoms with Crippen molar-refractivity contribution >= 4 is 5.65 Å². The molecule has 6 rings (SSSR count). The van der Waals surface area contributed by atoms with Crippen LogP contribution in [0.5, 0.6) is 17.4 Å². The van der Waals surface area contributed by atoms with Gasteiger partial charge in [-0.15, -0.1) is 10.2 Å². The summed E-state index contributed by atoms with van der Waals surface area (Å²) in [6.07, 6.45) is 4.51. The van der Waals surface area contributed by atoms with Gasteiger partial charge in [0, 0.05) is 17.3 Å². The number of fused-ring (bicyclic) bond motifs is 3. The maximum atomic E-state index is 14.8. The summed E-state index contributed by atoms with van der Waals surface area (Å²) in [6.45, 7) is 2.89. The Kier molecular flexibility index (Phi) is 4.28. The molecule has 0 saturated carbocycles. The highest BCUT2D eigenvalue weighted by molar-refractivity contribution is 5.84. The maximum absolute atomic E-state index is 14.8. The molecular weight excluding hydrogens is 411 g/mol. The van der Waals surface area contributed by atoms with E-state index in [4.69, 9.17) is 14.2 Å². The molecule has 0 aliphatic carbocycles. The van der Waals surface area contributed by atoms with Gasteiger partial charge in [0.15, 0.2) is 5.65 Å². The van der Waals surface area contributed by atoms with Crippen LogP contribution in [-0.4, -0.2) is 39.9 Å². The van der Waals surface area contributed by atoms with Gasteiger partial charge in [-0.05, 0) is 55.2 Å². The van der Waals surface area contributed by atoms with E-state index < -0.39 is 0 Å². The number of nitrogens with zero attached hydrogens (tertiary/aromatic N) is 4. The summed E-state index contributed by atoms with van der Waals surface area (Å²) in [7, 11) is 1.60. The maximum Gasteiger partial charge on any atom is 0.221 e. The van der Waals surface area contributed by atoms with Crippen molar-refractivity contribution < 1.29 is 18.6 Å². The van der Waals surface area contributed by atoms with Crippen molar-refractivity contribution in [2.45, 2.75) is 25.7 Å². The van der Waals surface area contributed by atoms with Crippen molar-refractivity contribution in [3.05, 3.63) is 65.0 Å². The largest absolute Gasteiger partial charge is 0.493 e. The van der Waals surface area contributed by atoms with E-state index in [1.807, 2.05) is 23.5 Å². The van der Waals surface area contributed by atoms with Gasteiger partial charge >= 0.3 is 0 Å². The van der Waals surface area contributed by atoms with Crippen LogP contribution in [0.4, 0.5) is 4.39 Å². The molecule has 162 valence electrons. The quantitative estimate of drug-likeness (QED) is 0.479. The van der Waals surface area contributed by atoms with Crippen molar-refractivity contribution in [3.8, 4) is 28.5 Å². The van der Waals surface area contributed by atoms with Crippen LogP contribution in [0.15, 0.2) is 36.8 Å². The Balaban J connectivity index is 1.55. The van der Waals surface area contributed by atoms with Gasteiger partial charge in [0.25, 0.3) is 0 Å². The minimum Gasteiger partial charge on any atom is -0.493 e. The van der Waals surface area contributed by atoms with Crippen LogP contribution in [0, 0.1) is 12.7 Å². The molecule has 0 saturated heterocycles. The number of hydrogen-bond acceptors (Lipinski definition) is 6. The molecule has 1 atom stereocenters. The number of methoxy groups -OCH3 is 1. The Morgan fingerprint density at radius 1 is 1.12 bits per heavy atom. The van der Waals surface area contributed by atoms with Gasteiger partial charge < -0.3 is 14.2 Å². The Morgan fingerprint density at radius 2 is 1.97 bits per heavy atom. The number of pyridine rings is 2. The number of halogens is 1. The van der Waals surface area contributed by atoms with Gasteiger partial charge in [-0.25, -0.2) is 9.37 Å². The molecule has 0 fully saturated rings. The molecule has 0 N–H and O–H groups in total. The molecule has 4 aromatic rings. The van der Waals surface area contributed by atoms with Crippen molar-refractivity contribution in [3.63, 3.8) is 0 Å². The van der Waals surface area contributed by atoms with E-state index in [9.17, 15) is 4.39 Å². The molecule has 5 heterocycles. The van der Waals surface area contributed by atoms with Gasteiger partial charge in [-0.3, -0.25) is 4.40 Å². The van der Waals surface area contributed by atoms with Gasteiger partial charge in [-0.1, -0.05) is 0 Å². The molecule has 0 radical (unpaired) electrons. The minimum atomic E-state index is -0.199. The van der Waals surface area contributed by atoms with Crippen LogP contribution >= 0.6 is 0 Å². The van der Waals surface area contributed by atoms with Crippen molar-refractivity contribution in [2.24, 2.45) is 0 Å². The smallest absolute Gasteiger partial charge is 0.221 e. The van der Waals surface area contributed by atoms with E-state index >= 15 is 0 Å². The number of rotatable bonds is 2. The molecule has 7 nitrogen and oxygen atoms in total. The second-order valence-electron chi connectivity index (χ2n) is 8.16. The van der Waals surface area contributed by atoms with Crippen LogP contribution in [0.25, 0.3) is 16.8 Å². The monoisotopic (exact) mass is 432 g/mol. The van der Waals surface area contributed by atoms with Gasteiger partial charge in [0.1, 0.15) is 23.6 Å². The summed E-state index contributed by atoms with van der Waals surface area (Å²) in [6, 6.07) is 7.12. The van der Waals surface area contributed by atoms with Gasteiger partial charge in [0.2, 0.25) is 5.88 Å². The van der Waals surface area contributed by atoms with E-state index in [1.165, 1.54) is 6.07 Å². The average Bonchev–Trinajstić information content (AvgIpc) is 3.45. The number of ether oxygens (including phenoxy) is 3. The lowest BCUT2D eigenvalue weighted by Crippen LogP contribution is -2.13. The normalized spacial score (nSPS) is 16.9. The molecule has 0 unspecified atom stereocenters. The molecule has 0 bridgehead atoms. The summed E-state index contributed by atoms with van der Waals surface area (Å²) in [4.78, 5) is 4.38. The number of aryl methyl sites for hydroxylation is 2. The van der Waals surface area contributed by atoms with Gasteiger partial charge in [-0.2, -0.15) is 0 Å². The highest BCUT2D eigenvalue weighted by Crippen LogP contribution is 2.42. The van der Waals surface area contributed by atoms with Crippen LogP contribution < -0.4 is 14.2 Å². The van der Waals surface area contributed by atoms with E-state index in [-0.39, 0.29) is 11.7 Å². The van der Waals surface area contributed by atoms with E-state index in [1.54, 1.807) is 25.7 Å². The molecular formula is C24H21FN4O3. The lowest BCUT2D eigenvalue weighted by atomic mass is 9.93. The highest BCUT2D eigenvalue weighted by Gasteiger charge is 2.32. The van der Waals surface area contributed by atoms with E-state index in [0.717, 1.165) is 39.4 Å². The van der Waals surface area contributed by atoms with E-state index in [0.29, 0.717) is 43.1 Å². The standard InChI is InChI=1S/C24H21FN4O3/c1-13-7-8-26-24(30-2)21(13)16-9-20-18(29-12-27-28-23(16)29)5-3-15-17(25)4-6-19-22(15)14(10-31-19)11-32-20/h4,6-9,12,14H,3,5,10-11H2,1-2H3/t14-/m1/s1. The fraction of sp³-hybridized carbons (Fsp3) is 0.292. The summed E-state index contributed by atoms with van der Waals surface area (Å²) in [5.41, 5.74) is 5.91. The third-order valence-corrected chi connectivity index (χ3v) is 6.39. The molecule has 1 aromatic carbocycles. The first kappa shape index (κ1) is 19.0. The molecule has 2 aliphatic rings. The summed E-state index contributed by atoms with van der Waals surface area (Å²) >= 11 is 0. The van der Waals surface area contributed by atoms with Crippen molar-refractivity contribution in [1.29, 1.82) is 0 Å². The zero-order valence-electron chi connectivity index (χ0n) is 17.8. The zero-order valence-corrected chi connectivity index (χ0v) is 17.8. The first-order valence-electron chi connectivity index (χ1n) is 10.6. The first-order valence-corrected chi connectivity index (χ1v) is 10.6. The molecule has 3 aromatic heterocycles. The molecule has 32 heavy (non-hydrogen) atoms. The number of benzene rings is 1. The Morgan fingerprint density at radius 3 is 2.81 bits per heavy atom. The summed E-state index contributed by atoms with van der Waals surface area (Å²) < 4.78 is 34.4. The second kappa shape index (κ2) is 7.19. The lowest BCUT2D eigenvalue weighted by molar-refractivity contribution is 0.246. The van der Waals surface area contributed by atoms with Crippen LogP contribution in [0.2, 0.25) is 0 Å². The third kappa shape index (κ3) is 2.75. The number of hydrogen-bond donors (Lipinski definition) is 0. The second-order valence-corrected chi connectivity index (χ2v) is 8.16. The molecule has 8 heteroatoms. The zero-order chi connectivity index (χ0) is 21.8. The van der Waals surface area contributed by atoms with Crippen molar-refractivity contribution in [2.75, 3.05) is 20.3 Å².